The molecule has 0 spiro atoms. The third-order valence-corrected chi connectivity index (χ3v) is 3.19. The maximum Gasteiger partial charge on any atom is 0.418 e. The Kier molecular flexibility index (Phi) is 5.66. The van der Waals surface area contributed by atoms with Crippen LogP contribution >= 0.6 is 22.6 Å². The molecular weight excluding hydrogens is 400 g/mol. The van der Waals surface area contributed by atoms with Crippen molar-refractivity contribution in [3.8, 4) is 0 Å². The van der Waals surface area contributed by atoms with Crippen molar-refractivity contribution in [2.24, 2.45) is 0 Å². The molecule has 0 saturated heterocycles. The van der Waals surface area contributed by atoms with Crippen LogP contribution in [-0.2, 0) is 22.1 Å². The van der Waals surface area contributed by atoms with Crippen LogP contribution in [0.15, 0.2) is 6.20 Å². The molecule has 112 valence electrons. The van der Waals surface area contributed by atoms with Gasteiger partial charge in [-0.3, -0.25) is 4.79 Å². The van der Waals surface area contributed by atoms with E-state index in [0.29, 0.717) is 6.20 Å². The summed E-state index contributed by atoms with van der Waals surface area (Å²) in [6, 6.07) is 0. The predicted octanol–water partition coefficient (Wildman–Crippen LogP) is 3.75. The van der Waals surface area contributed by atoms with Crippen molar-refractivity contribution in [1.29, 1.82) is 0 Å². The number of carbonyl (C=O) groups is 1. The monoisotopic (exact) mass is 409 g/mol. The fourth-order valence-corrected chi connectivity index (χ4v) is 2.25. The second-order valence-corrected chi connectivity index (χ2v) is 4.66. The zero-order chi connectivity index (χ0) is 15.5. The highest BCUT2D eigenvalue weighted by atomic mass is 127. The molecule has 1 rings (SSSR count). The summed E-state index contributed by atoms with van der Waals surface area (Å²) in [6.07, 6.45) is -8.47. The molecule has 20 heavy (non-hydrogen) atoms. The van der Waals surface area contributed by atoms with Crippen LogP contribution in [-0.4, -0.2) is 17.6 Å². The van der Waals surface area contributed by atoms with Crippen LogP contribution in [0.4, 0.5) is 22.0 Å². The van der Waals surface area contributed by atoms with Crippen molar-refractivity contribution in [3.63, 3.8) is 0 Å². The Morgan fingerprint density at radius 3 is 2.50 bits per heavy atom. The van der Waals surface area contributed by atoms with E-state index < -0.39 is 41.7 Å². The molecule has 0 saturated carbocycles. The fourth-order valence-electron chi connectivity index (χ4n) is 1.55. The van der Waals surface area contributed by atoms with E-state index >= 15 is 0 Å². The normalized spacial score (nSPS) is 11.8. The quantitative estimate of drug-likeness (QED) is 0.329. The Morgan fingerprint density at radius 1 is 1.45 bits per heavy atom. The standard InChI is InChI=1S/C11H9F5INO2/c1-2-20-7(19)3-5-6(11(14,15)16)4-18-10(17)8(5)9(12)13/h4,9H,2-3H2,1H3. The number of nitrogens with zero attached hydrogens (tertiary/aromatic N) is 1. The van der Waals surface area contributed by atoms with E-state index in [0.717, 1.165) is 0 Å². The molecule has 3 nitrogen and oxygen atoms in total. The number of pyridine rings is 1. The van der Waals surface area contributed by atoms with Gasteiger partial charge < -0.3 is 4.74 Å². The van der Waals surface area contributed by atoms with E-state index in [2.05, 4.69) is 9.72 Å². The van der Waals surface area contributed by atoms with Crippen molar-refractivity contribution in [2.45, 2.75) is 25.9 Å². The van der Waals surface area contributed by atoms with E-state index in [1.165, 1.54) is 29.5 Å². The predicted molar refractivity (Wildman–Crippen MR) is 67.3 cm³/mol. The largest absolute Gasteiger partial charge is 0.466 e. The molecule has 0 aliphatic heterocycles. The van der Waals surface area contributed by atoms with Crippen molar-refractivity contribution in [3.05, 3.63) is 26.6 Å². The fraction of sp³-hybridized carbons (Fsp3) is 0.455. The van der Waals surface area contributed by atoms with Gasteiger partial charge in [0.05, 0.1) is 24.2 Å². The first-order valence-electron chi connectivity index (χ1n) is 5.36. The molecule has 0 radical (unpaired) electrons. The van der Waals surface area contributed by atoms with Crippen LogP contribution in [0.25, 0.3) is 0 Å². The lowest BCUT2D eigenvalue weighted by Gasteiger charge is -2.16. The van der Waals surface area contributed by atoms with Gasteiger partial charge >= 0.3 is 12.1 Å². The molecule has 0 unspecified atom stereocenters. The second-order valence-electron chi connectivity index (χ2n) is 3.64. The zero-order valence-electron chi connectivity index (χ0n) is 10.1. The molecule has 0 aromatic carbocycles. The highest BCUT2D eigenvalue weighted by Gasteiger charge is 2.37. The Balaban J connectivity index is 3.40. The third-order valence-electron chi connectivity index (χ3n) is 2.33. The van der Waals surface area contributed by atoms with E-state index in [-0.39, 0.29) is 10.3 Å². The Labute approximate surface area is 124 Å². The molecule has 0 bridgehead atoms. The van der Waals surface area contributed by atoms with Gasteiger partial charge in [0.15, 0.2) is 0 Å². The minimum atomic E-state index is -4.87. The lowest BCUT2D eigenvalue weighted by Crippen LogP contribution is -2.18. The van der Waals surface area contributed by atoms with Gasteiger partial charge in [0.1, 0.15) is 3.70 Å². The number of hydrogen-bond donors (Lipinski definition) is 0. The van der Waals surface area contributed by atoms with Crippen LogP contribution in [0.1, 0.15) is 30.0 Å². The van der Waals surface area contributed by atoms with Crippen LogP contribution in [0.5, 0.6) is 0 Å². The smallest absolute Gasteiger partial charge is 0.418 e. The topological polar surface area (TPSA) is 39.2 Å². The summed E-state index contributed by atoms with van der Waals surface area (Å²) >= 11 is 1.40. The van der Waals surface area contributed by atoms with E-state index in [1.54, 1.807) is 0 Å². The molecule has 0 fully saturated rings. The van der Waals surface area contributed by atoms with E-state index in [9.17, 15) is 26.7 Å². The molecule has 0 atom stereocenters. The maximum atomic E-state index is 12.9. The zero-order valence-corrected chi connectivity index (χ0v) is 12.3. The summed E-state index contributed by atoms with van der Waals surface area (Å²) in [5.41, 5.74) is -3.01. The maximum absolute atomic E-state index is 12.9. The van der Waals surface area contributed by atoms with Gasteiger partial charge in [0.25, 0.3) is 6.43 Å². The molecule has 1 aromatic rings. The van der Waals surface area contributed by atoms with Crippen molar-refractivity contribution in [2.75, 3.05) is 6.61 Å². The number of hydrogen-bond acceptors (Lipinski definition) is 3. The number of esters is 1. The second kappa shape index (κ2) is 6.64. The molecule has 0 aliphatic rings. The number of rotatable bonds is 4. The molecular formula is C11H9F5INO2. The van der Waals surface area contributed by atoms with Gasteiger partial charge in [-0.2, -0.15) is 13.2 Å². The number of halogens is 6. The Hall–Kier alpha value is -1.00. The average Bonchev–Trinajstić information content (AvgIpc) is 2.26. The number of ether oxygens (including phenoxy) is 1. The van der Waals surface area contributed by atoms with Crippen molar-refractivity contribution < 1.29 is 31.5 Å². The lowest BCUT2D eigenvalue weighted by molar-refractivity contribution is -0.143. The highest BCUT2D eigenvalue weighted by molar-refractivity contribution is 14.1. The van der Waals surface area contributed by atoms with Gasteiger partial charge in [0.2, 0.25) is 0 Å². The van der Waals surface area contributed by atoms with E-state index in [4.69, 9.17) is 0 Å². The first kappa shape index (κ1) is 17.1. The minimum absolute atomic E-state index is 0.0492. The molecule has 9 heteroatoms. The number of alkyl halides is 5. The van der Waals surface area contributed by atoms with Gasteiger partial charge in [-0.05, 0) is 35.1 Å². The molecule has 1 aromatic heterocycles. The van der Waals surface area contributed by atoms with E-state index in [1.807, 2.05) is 0 Å². The summed E-state index contributed by atoms with van der Waals surface area (Å²) in [4.78, 5) is 14.6. The molecule has 0 amide bonds. The molecule has 0 aliphatic carbocycles. The summed E-state index contributed by atoms with van der Waals surface area (Å²) in [7, 11) is 0. The van der Waals surface area contributed by atoms with Crippen molar-refractivity contribution in [1.82, 2.24) is 4.98 Å². The third kappa shape index (κ3) is 4.00. The lowest BCUT2D eigenvalue weighted by atomic mass is 10.0. The summed E-state index contributed by atoms with van der Waals surface area (Å²) in [5, 5.41) is 0. The molecule has 0 N–H and O–H groups in total. The SMILES string of the molecule is CCOC(=O)Cc1c(C(F)(F)F)cnc(I)c1C(F)F. The summed E-state index contributed by atoms with van der Waals surface area (Å²) in [5.74, 6) is -0.998. The van der Waals surface area contributed by atoms with Crippen LogP contribution in [0, 0.1) is 3.70 Å². The van der Waals surface area contributed by atoms with Crippen molar-refractivity contribution >= 4 is 28.6 Å². The van der Waals surface area contributed by atoms with Crippen LogP contribution < -0.4 is 0 Å². The Morgan fingerprint density at radius 2 is 2.05 bits per heavy atom. The number of carbonyl (C=O) groups excluding carboxylic acids is 1. The summed E-state index contributed by atoms with van der Waals surface area (Å²) in [6.45, 7) is 1.42. The highest BCUT2D eigenvalue weighted by Crippen LogP contribution is 2.37. The molecule has 1 heterocycles. The summed E-state index contributed by atoms with van der Waals surface area (Å²) < 4.78 is 68.6. The van der Waals surface area contributed by atoms with Crippen LogP contribution in [0.3, 0.4) is 0 Å². The van der Waals surface area contributed by atoms with Gasteiger partial charge in [0, 0.05) is 6.20 Å². The average molecular weight is 409 g/mol. The van der Waals surface area contributed by atoms with Crippen LogP contribution in [0.2, 0.25) is 0 Å². The van der Waals surface area contributed by atoms with Gasteiger partial charge in [-0.1, -0.05) is 0 Å². The van der Waals surface area contributed by atoms with Gasteiger partial charge in [-0.15, -0.1) is 0 Å². The first-order valence-corrected chi connectivity index (χ1v) is 6.44. The Bertz CT molecular complexity index is 504. The first-order chi connectivity index (χ1) is 9.18. The van der Waals surface area contributed by atoms with Gasteiger partial charge in [-0.25, -0.2) is 13.8 Å². The number of aromatic nitrogens is 1. The minimum Gasteiger partial charge on any atom is -0.466 e.